The summed E-state index contributed by atoms with van der Waals surface area (Å²) in [6, 6.07) is 19.9. The van der Waals surface area contributed by atoms with Gasteiger partial charge in [-0.2, -0.15) is 4.37 Å². The number of aromatic nitrogens is 1. The molecule has 0 spiro atoms. The van der Waals surface area contributed by atoms with Gasteiger partial charge >= 0.3 is 12.1 Å². The number of nitrogens with zero attached hydrogens (tertiary/aromatic N) is 1. The predicted octanol–water partition coefficient (Wildman–Crippen LogP) is 9.23. The summed E-state index contributed by atoms with van der Waals surface area (Å²) in [6.07, 6.45) is 2.00. The predicted molar refractivity (Wildman–Crippen MR) is 164 cm³/mol. The van der Waals surface area contributed by atoms with Crippen LogP contribution in [0, 0.1) is 6.92 Å². The van der Waals surface area contributed by atoms with Crippen LogP contribution in [-0.2, 0) is 14.9 Å². The zero-order valence-corrected chi connectivity index (χ0v) is 24.5. The Labute approximate surface area is 247 Å². The van der Waals surface area contributed by atoms with E-state index in [0.717, 1.165) is 51.8 Å². The van der Waals surface area contributed by atoms with Crippen molar-refractivity contribution in [2.45, 2.75) is 38.2 Å². The Kier molecular flexibility index (Phi) is 6.22. The molecule has 0 radical (unpaired) electrons. The summed E-state index contributed by atoms with van der Waals surface area (Å²) in [4.78, 5) is 27.6. The number of nitrogens with one attached hydrogen (secondary N) is 1. The molecule has 1 saturated carbocycles. The van der Waals surface area contributed by atoms with E-state index in [9.17, 15) is 14.7 Å². The number of rotatable bonds is 7. The van der Waals surface area contributed by atoms with Crippen molar-refractivity contribution in [1.82, 2.24) is 4.37 Å². The van der Waals surface area contributed by atoms with Crippen LogP contribution in [0.25, 0.3) is 40.6 Å². The normalized spacial score (nSPS) is 14.8. The molecule has 10 heteroatoms. The van der Waals surface area contributed by atoms with Crippen LogP contribution in [0.15, 0.2) is 71.3 Å². The van der Waals surface area contributed by atoms with Crippen molar-refractivity contribution >= 4 is 72.3 Å². The summed E-state index contributed by atoms with van der Waals surface area (Å²) >= 11 is 4.70. The average Bonchev–Trinajstić information content (AvgIpc) is 3.21. The van der Waals surface area contributed by atoms with Gasteiger partial charge in [-0.15, -0.1) is 22.7 Å². The maximum absolute atomic E-state index is 12.8. The van der Waals surface area contributed by atoms with E-state index in [0.29, 0.717) is 24.1 Å². The van der Waals surface area contributed by atoms with Crippen LogP contribution in [-0.4, -0.2) is 21.5 Å². The highest BCUT2D eigenvalue weighted by molar-refractivity contribution is 7.32. The minimum Gasteiger partial charge on any atom is -0.481 e. The van der Waals surface area contributed by atoms with Gasteiger partial charge in [0, 0.05) is 25.2 Å². The smallest absolute Gasteiger partial charge is 0.412 e. The number of ether oxygens (including phenoxy) is 1. The molecule has 1 atom stereocenters. The van der Waals surface area contributed by atoms with Crippen molar-refractivity contribution in [3.8, 4) is 20.2 Å². The number of aliphatic carboxylic acids is 1. The zero-order valence-electron chi connectivity index (χ0n) is 22.1. The Hall–Kier alpha value is -3.99. The van der Waals surface area contributed by atoms with Crippen LogP contribution >= 0.6 is 34.2 Å². The van der Waals surface area contributed by atoms with Gasteiger partial charge in [-0.1, -0.05) is 42.5 Å². The van der Waals surface area contributed by atoms with Crippen molar-refractivity contribution in [2.24, 2.45) is 0 Å². The molecule has 1 unspecified atom stereocenters. The summed E-state index contributed by atoms with van der Waals surface area (Å²) in [7, 11) is 0. The molecule has 1 aliphatic carbocycles. The SMILES string of the molecule is Cc1nsc(-c2cc3sc(-c4ccc5c(C6(C(=O)O)CC6)coc5c4)cc3s2)c1NC(=O)OC(C)c1ccccc1. The lowest BCUT2D eigenvalue weighted by molar-refractivity contribution is -0.140. The van der Waals surface area contributed by atoms with E-state index in [1.54, 1.807) is 28.9 Å². The lowest BCUT2D eigenvalue weighted by atomic mass is 9.95. The first kappa shape index (κ1) is 25.9. The molecule has 7 nitrogen and oxygen atoms in total. The molecule has 1 fully saturated rings. The second-order valence-corrected chi connectivity index (χ2v) is 13.2. The number of thiophene rings is 2. The number of benzene rings is 2. The van der Waals surface area contributed by atoms with E-state index < -0.39 is 17.5 Å². The topological polar surface area (TPSA) is 102 Å². The Bertz CT molecular complexity index is 1910. The second kappa shape index (κ2) is 9.83. The molecule has 206 valence electrons. The average molecular weight is 601 g/mol. The molecule has 4 aromatic heterocycles. The first-order chi connectivity index (χ1) is 19.8. The monoisotopic (exact) mass is 600 g/mol. The van der Waals surface area contributed by atoms with Crippen molar-refractivity contribution in [3.05, 3.63) is 83.7 Å². The maximum Gasteiger partial charge on any atom is 0.412 e. The standard InChI is InChI=1S/C31H24N2O5S3/c1-16-27(32-30(36)38-17(2)18-6-4-3-5-7-18)28(41-33-16)26-14-25-24(40-26)13-23(39-25)19-8-9-20-21(15-37-22(20)12-19)31(10-11-31)29(34)35/h3-9,12-15,17H,10-11H2,1-2H3,(H,32,36)(H,34,35). The number of carbonyl (C=O) groups is 2. The maximum atomic E-state index is 12.8. The highest BCUT2D eigenvalue weighted by atomic mass is 32.1. The molecule has 0 bridgehead atoms. The molecule has 1 amide bonds. The summed E-state index contributed by atoms with van der Waals surface area (Å²) in [5, 5.41) is 13.5. The van der Waals surface area contributed by atoms with Crippen molar-refractivity contribution in [3.63, 3.8) is 0 Å². The Morgan fingerprint density at radius 1 is 1.05 bits per heavy atom. The number of aryl methyl sites for hydroxylation is 1. The fourth-order valence-corrected chi connectivity index (χ4v) is 8.47. The van der Waals surface area contributed by atoms with Gasteiger partial charge in [0.15, 0.2) is 0 Å². The molecule has 7 rings (SSSR count). The van der Waals surface area contributed by atoms with Gasteiger partial charge in [-0.05, 0) is 67.5 Å². The number of carboxylic acids is 1. The summed E-state index contributed by atoms with van der Waals surface area (Å²) in [5.74, 6) is -0.785. The van der Waals surface area contributed by atoms with Crippen LogP contribution < -0.4 is 5.32 Å². The number of fused-ring (bicyclic) bond motifs is 2. The van der Waals surface area contributed by atoms with Gasteiger partial charge < -0.3 is 14.3 Å². The Morgan fingerprint density at radius 3 is 2.51 bits per heavy atom. The number of hydrogen-bond donors (Lipinski definition) is 2. The number of amides is 1. The fraction of sp³-hybridized carbons (Fsp3) is 0.194. The first-order valence-corrected chi connectivity index (χ1v) is 15.5. The number of carbonyl (C=O) groups excluding carboxylic acids is 1. The minimum absolute atomic E-state index is 0.379. The van der Waals surface area contributed by atoms with E-state index >= 15 is 0 Å². The molecule has 6 aromatic rings. The zero-order chi connectivity index (χ0) is 28.3. The number of anilines is 1. The van der Waals surface area contributed by atoms with Crippen LogP contribution in [0.3, 0.4) is 0 Å². The molecular formula is C31H24N2O5S3. The minimum atomic E-state index is -0.797. The van der Waals surface area contributed by atoms with Crippen molar-refractivity contribution < 1.29 is 23.8 Å². The molecule has 41 heavy (non-hydrogen) atoms. The number of furan rings is 1. The van der Waals surface area contributed by atoms with Gasteiger partial charge in [-0.25, -0.2) is 4.79 Å². The van der Waals surface area contributed by atoms with Crippen LogP contribution in [0.5, 0.6) is 0 Å². The largest absolute Gasteiger partial charge is 0.481 e. The van der Waals surface area contributed by atoms with Crippen molar-refractivity contribution in [1.29, 1.82) is 0 Å². The highest BCUT2D eigenvalue weighted by Crippen LogP contribution is 2.52. The molecule has 0 saturated heterocycles. The lowest BCUT2D eigenvalue weighted by Crippen LogP contribution is -2.18. The summed E-state index contributed by atoms with van der Waals surface area (Å²) < 4.78 is 18.2. The third kappa shape index (κ3) is 4.52. The van der Waals surface area contributed by atoms with E-state index in [2.05, 4.69) is 21.8 Å². The number of hydrogen-bond acceptors (Lipinski definition) is 8. The third-order valence-electron chi connectivity index (χ3n) is 7.61. The quantitative estimate of drug-likeness (QED) is 0.189. The molecule has 4 heterocycles. The lowest BCUT2D eigenvalue weighted by Gasteiger charge is -2.14. The molecule has 2 N–H and O–H groups in total. The van der Waals surface area contributed by atoms with Gasteiger partial charge in [0.05, 0.1) is 32.8 Å². The van der Waals surface area contributed by atoms with E-state index in [4.69, 9.17) is 9.15 Å². The van der Waals surface area contributed by atoms with E-state index in [1.165, 1.54) is 11.5 Å². The number of carboxylic acid groups (broad SMARTS) is 1. The van der Waals surface area contributed by atoms with Gasteiger partial charge in [-0.3, -0.25) is 10.1 Å². The molecule has 0 aliphatic heterocycles. The Morgan fingerprint density at radius 2 is 1.78 bits per heavy atom. The van der Waals surface area contributed by atoms with Crippen LogP contribution in [0.2, 0.25) is 0 Å². The molecular weight excluding hydrogens is 577 g/mol. The molecule has 2 aromatic carbocycles. The van der Waals surface area contributed by atoms with Crippen molar-refractivity contribution in [2.75, 3.05) is 5.32 Å². The third-order valence-corrected chi connectivity index (χ3v) is 11.1. The van der Waals surface area contributed by atoms with Gasteiger partial charge in [0.1, 0.15) is 11.7 Å². The van der Waals surface area contributed by atoms with Gasteiger partial charge in [0.2, 0.25) is 0 Å². The molecule has 1 aliphatic rings. The summed E-state index contributed by atoms with van der Waals surface area (Å²) in [6.45, 7) is 3.73. The van der Waals surface area contributed by atoms with Crippen LogP contribution in [0.4, 0.5) is 10.5 Å². The van der Waals surface area contributed by atoms with E-state index in [1.807, 2.05) is 62.4 Å². The van der Waals surface area contributed by atoms with E-state index in [-0.39, 0.29) is 6.10 Å². The summed E-state index contributed by atoms with van der Waals surface area (Å²) in [5.41, 5.74) is 4.04. The van der Waals surface area contributed by atoms with Crippen LogP contribution in [0.1, 0.15) is 42.7 Å². The Balaban J connectivity index is 1.12. The first-order valence-electron chi connectivity index (χ1n) is 13.1. The van der Waals surface area contributed by atoms with Gasteiger partial charge in [0.25, 0.3) is 0 Å². The fourth-order valence-electron chi connectivity index (χ4n) is 5.13. The second-order valence-electron chi connectivity index (χ2n) is 10.3. The highest BCUT2D eigenvalue weighted by Gasteiger charge is 2.53.